The molecule has 1 aliphatic rings. The van der Waals surface area contributed by atoms with Crippen molar-refractivity contribution in [2.75, 3.05) is 27.3 Å². The lowest BCUT2D eigenvalue weighted by Crippen LogP contribution is -2.41. The first-order valence-corrected chi connectivity index (χ1v) is 10.2. The van der Waals surface area contributed by atoms with Gasteiger partial charge in [0, 0.05) is 31.1 Å². The summed E-state index contributed by atoms with van der Waals surface area (Å²) in [6, 6.07) is 15.4. The van der Waals surface area contributed by atoms with Crippen LogP contribution < -0.4 is 15.4 Å². The quantitative estimate of drug-likeness (QED) is 0.262. The van der Waals surface area contributed by atoms with Crippen molar-refractivity contribution in [2.45, 2.75) is 37.6 Å². The van der Waals surface area contributed by atoms with Gasteiger partial charge in [-0.3, -0.25) is 4.99 Å². The predicted octanol–water partition coefficient (Wildman–Crippen LogP) is 4.79. The third-order valence-corrected chi connectivity index (χ3v) is 5.37. The highest BCUT2D eigenvalue weighted by atomic mass is 127. The first-order valence-electron chi connectivity index (χ1n) is 10.2. The Kier molecular flexibility index (Phi) is 9.63. The van der Waals surface area contributed by atoms with Gasteiger partial charge in [-0.05, 0) is 30.0 Å². The minimum atomic E-state index is -4.31. The predicted molar refractivity (Wildman–Crippen MR) is 130 cm³/mol. The van der Waals surface area contributed by atoms with Gasteiger partial charge in [0.2, 0.25) is 0 Å². The van der Waals surface area contributed by atoms with E-state index in [9.17, 15) is 13.2 Å². The molecule has 0 atom stereocenters. The number of ether oxygens (including phenoxy) is 2. The second kappa shape index (κ2) is 11.7. The van der Waals surface area contributed by atoms with Crippen molar-refractivity contribution in [3.8, 4) is 5.75 Å². The van der Waals surface area contributed by atoms with Crippen LogP contribution in [0.25, 0.3) is 0 Å². The molecular weight excluding hydrogens is 534 g/mol. The standard InChI is InChI=1S/C23H28F3N3O2.HI/c1-27-21(29-15-22(11-12-22)19-5-3-4-6-20(19)30-2)28-13-17-7-9-18(10-8-17)14-31-16-23(24,25)26;/h3-10H,11-16H2,1-2H3,(H2,27,28,29);1H. The van der Waals surface area contributed by atoms with Crippen LogP contribution in [-0.4, -0.2) is 39.4 Å². The van der Waals surface area contributed by atoms with Crippen molar-refractivity contribution in [3.63, 3.8) is 0 Å². The molecule has 0 aliphatic heterocycles. The first-order chi connectivity index (χ1) is 14.8. The summed E-state index contributed by atoms with van der Waals surface area (Å²) in [6.07, 6.45) is -2.12. The normalized spacial score (nSPS) is 15.0. The lowest BCUT2D eigenvalue weighted by atomic mass is 9.95. The van der Waals surface area contributed by atoms with Gasteiger partial charge in [-0.1, -0.05) is 42.5 Å². The molecule has 2 aromatic carbocycles. The summed E-state index contributed by atoms with van der Waals surface area (Å²) in [5.41, 5.74) is 2.96. The lowest BCUT2D eigenvalue weighted by molar-refractivity contribution is -0.176. The molecule has 0 bridgehead atoms. The molecule has 176 valence electrons. The topological polar surface area (TPSA) is 54.9 Å². The molecule has 2 aromatic rings. The van der Waals surface area contributed by atoms with E-state index in [1.165, 1.54) is 5.56 Å². The minimum absolute atomic E-state index is 0. The Labute approximate surface area is 203 Å². The van der Waals surface area contributed by atoms with Crippen molar-refractivity contribution in [2.24, 2.45) is 4.99 Å². The second-order valence-corrected chi connectivity index (χ2v) is 7.68. The number of methoxy groups -OCH3 is 1. The molecule has 0 amide bonds. The van der Waals surface area contributed by atoms with Gasteiger partial charge in [0.25, 0.3) is 0 Å². The van der Waals surface area contributed by atoms with Crippen LogP contribution in [0.15, 0.2) is 53.5 Å². The summed E-state index contributed by atoms with van der Waals surface area (Å²) in [5.74, 6) is 1.60. The van der Waals surface area contributed by atoms with E-state index in [-0.39, 0.29) is 36.0 Å². The van der Waals surface area contributed by atoms with E-state index in [1.54, 1.807) is 26.3 Å². The van der Waals surface area contributed by atoms with Gasteiger partial charge in [0.1, 0.15) is 12.4 Å². The van der Waals surface area contributed by atoms with Gasteiger partial charge in [0.15, 0.2) is 5.96 Å². The van der Waals surface area contributed by atoms with Crippen LogP contribution >= 0.6 is 24.0 Å². The highest BCUT2D eigenvalue weighted by Crippen LogP contribution is 2.50. The maximum absolute atomic E-state index is 12.2. The van der Waals surface area contributed by atoms with E-state index in [1.807, 2.05) is 30.3 Å². The highest BCUT2D eigenvalue weighted by Gasteiger charge is 2.46. The monoisotopic (exact) mass is 563 g/mol. The molecule has 1 saturated carbocycles. The maximum atomic E-state index is 12.2. The van der Waals surface area contributed by atoms with E-state index in [0.29, 0.717) is 18.1 Å². The van der Waals surface area contributed by atoms with Crippen LogP contribution in [0.4, 0.5) is 13.2 Å². The molecule has 0 heterocycles. The molecule has 2 N–H and O–H groups in total. The van der Waals surface area contributed by atoms with Gasteiger partial charge in [-0.2, -0.15) is 13.2 Å². The highest BCUT2D eigenvalue weighted by molar-refractivity contribution is 14.0. The fourth-order valence-electron chi connectivity index (χ4n) is 3.47. The molecule has 3 rings (SSSR count). The van der Waals surface area contributed by atoms with E-state index >= 15 is 0 Å². The third-order valence-electron chi connectivity index (χ3n) is 5.37. The molecule has 5 nitrogen and oxygen atoms in total. The van der Waals surface area contributed by atoms with Crippen molar-refractivity contribution < 1.29 is 22.6 Å². The molecule has 9 heteroatoms. The number of guanidine groups is 1. The maximum Gasteiger partial charge on any atom is 0.411 e. The second-order valence-electron chi connectivity index (χ2n) is 7.68. The number of rotatable bonds is 9. The number of hydrogen-bond donors (Lipinski definition) is 2. The van der Waals surface area contributed by atoms with Gasteiger partial charge in [-0.25, -0.2) is 0 Å². The molecule has 0 saturated heterocycles. The third kappa shape index (κ3) is 7.54. The van der Waals surface area contributed by atoms with E-state index in [0.717, 1.165) is 30.7 Å². The Hall–Kier alpha value is -2.01. The number of alkyl halides is 3. The van der Waals surface area contributed by atoms with Gasteiger partial charge in [-0.15, -0.1) is 24.0 Å². The van der Waals surface area contributed by atoms with Crippen LogP contribution in [0, 0.1) is 0 Å². The lowest BCUT2D eigenvalue weighted by Gasteiger charge is -2.21. The molecule has 0 radical (unpaired) electrons. The Morgan fingerprint density at radius 1 is 1.03 bits per heavy atom. The molecule has 0 aromatic heterocycles. The molecule has 1 fully saturated rings. The van der Waals surface area contributed by atoms with Crippen LogP contribution in [0.5, 0.6) is 5.75 Å². The van der Waals surface area contributed by atoms with Gasteiger partial charge < -0.3 is 20.1 Å². The largest absolute Gasteiger partial charge is 0.496 e. The summed E-state index contributed by atoms with van der Waals surface area (Å²) in [5, 5.41) is 6.68. The average Bonchev–Trinajstić information content (AvgIpc) is 3.55. The number of para-hydroxylation sites is 1. The van der Waals surface area contributed by atoms with Crippen molar-refractivity contribution in [1.29, 1.82) is 0 Å². The number of nitrogens with zero attached hydrogens (tertiary/aromatic N) is 1. The zero-order valence-corrected chi connectivity index (χ0v) is 20.5. The summed E-state index contributed by atoms with van der Waals surface area (Å²) in [6.45, 7) is -0.0102. The summed E-state index contributed by atoms with van der Waals surface area (Å²) in [4.78, 5) is 4.29. The summed E-state index contributed by atoms with van der Waals surface area (Å²) < 4.78 is 46.7. The molecule has 0 spiro atoms. The van der Waals surface area contributed by atoms with Crippen LogP contribution in [-0.2, 0) is 23.3 Å². The summed E-state index contributed by atoms with van der Waals surface area (Å²) in [7, 11) is 3.41. The van der Waals surface area contributed by atoms with Crippen molar-refractivity contribution in [1.82, 2.24) is 10.6 Å². The van der Waals surface area contributed by atoms with Crippen LogP contribution in [0.3, 0.4) is 0 Å². The number of halogens is 4. The fourth-order valence-corrected chi connectivity index (χ4v) is 3.47. The number of aliphatic imine (C=N–C) groups is 1. The molecule has 32 heavy (non-hydrogen) atoms. The average molecular weight is 563 g/mol. The zero-order valence-electron chi connectivity index (χ0n) is 18.2. The Balaban J connectivity index is 0.00000363. The molecular formula is C23H29F3IN3O2. The number of hydrogen-bond acceptors (Lipinski definition) is 3. The Morgan fingerprint density at radius 2 is 1.69 bits per heavy atom. The SMILES string of the molecule is CN=C(NCc1ccc(COCC(F)(F)F)cc1)NCC1(c2ccccc2OC)CC1.I. The van der Waals surface area contributed by atoms with Crippen molar-refractivity contribution in [3.05, 3.63) is 65.2 Å². The molecule has 1 aliphatic carbocycles. The first kappa shape index (κ1) is 26.2. The number of nitrogens with one attached hydrogen (secondary N) is 2. The van der Waals surface area contributed by atoms with Gasteiger partial charge >= 0.3 is 6.18 Å². The van der Waals surface area contributed by atoms with Crippen LogP contribution in [0.2, 0.25) is 0 Å². The van der Waals surface area contributed by atoms with E-state index < -0.39 is 12.8 Å². The summed E-state index contributed by atoms with van der Waals surface area (Å²) >= 11 is 0. The Bertz CT molecular complexity index is 885. The van der Waals surface area contributed by atoms with Crippen molar-refractivity contribution >= 4 is 29.9 Å². The van der Waals surface area contributed by atoms with E-state index in [2.05, 4.69) is 26.4 Å². The Morgan fingerprint density at radius 3 is 2.28 bits per heavy atom. The van der Waals surface area contributed by atoms with Crippen LogP contribution in [0.1, 0.15) is 29.5 Å². The fraction of sp³-hybridized carbons (Fsp3) is 0.435. The van der Waals surface area contributed by atoms with Gasteiger partial charge in [0.05, 0.1) is 13.7 Å². The van der Waals surface area contributed by atoms with E-state index in [4.69, 9.17) is 4.74 Å². The minimum Gasteiger partial charge on any atom is -0.496 e. The smallest absolute Gasteiger partial charge is 0.411 e. The molecule has 0 unspecified atom stereocenters. The number of benzene rings is 2. The zero-order chi connectivity index (χ0) is 22.3.